The van der Waals surface area contributed by atoms with Crippen LogP contribution in [0.2, 0.25) is 0 Å². The van der Waals surface area contributed by atoms with E-state index in [1.165, 1.54) is 5.39 Å². The number of anilines is 1. The van der Waals surface area contributed by atoms with E-state index in [4.69, 9.17) is 4.74 Å². The Morgan fingerprint density at radius 2 is 1.88 bits per heavy atom. The van der Waals surface area contributed by atoms with Gasteiger partial charge in [-0.25, -0.2) is 9.97 Å². The van der Waals surface area contributed by atoms with Gasteiger partial charge in [-0.1, -0.05) is 0 Å². The molecule has 0 unspecified atom stereocenters. The van der Waals surface area contributed by atoms with Gasteiger partial charge in [-0.3, -0.25) is 4.90 Å². The van der Waals surface area contributed by atoms with Crippen LogP contribution in [0.4, 0.5) is 5.95 Å². The number of hydrogen-bond donors (Lipinski definition) is 1. The lowest BCUT2D eigenvalue weighted by Gasteiger charge is -2.34. The fourth-order valence-electron chi connectivity index (χ4n) is 3.22. The molecule has 6 heteroatoms. The number of fused-ring (bicyclic) bond motifs is 1. The summed E-state index contributed by atoms with van der Waals surface area (Å²) in [5.74, 6) is 1.77. The largest absolute Gasteiger partial charge is 0.493 e. The number of rotatable bonds is 6. The van der Waals surface area contributed by atoms with E-state index in [0.29, 0.717) is 0 Å². The van der Waals surface area contributed by atoms with E-state index in [0.717, 1.165) is 63.0 Å². The van der Waals surface area contributed by atoms with Crippen LogP contribution >= 0.6 is 0 Å². The molecule has 1 fully saturated rings. The minimum Gasteiger partial charge on any atom is -0.493 e. The van der Waals surface area contributed by atoms with E-state index in [-0.39, 0.29) is 0 Å². The molecule has 0 bridgehead atoms. The Balaban J connectivity index is 1.18. The van der Waals surface area contributed by atoms with Gasteiger partial charge in [-0.05, 0) is 36.1 Å². The standard InChI is InChI=1S/C19H23N5O/c1-6-21-19(22-7-1)24-12-10-23(11-13-24)9-2-14-25-17-4-3-16-5-8-20-18(16)15-17/h1,3-8,15,20H,2,9-14H2. The van der Waals surface area contributed by atoms with Crippen LogP contribution in [-0.2, 0) is 0 Å². The summed E-state index contributed by atoms with van der Waals surface area (Å²) in [5.41, 5.74) is 1.12. The number of H-pyrrole nitrogens is 1. The molecule has 0 radical (unpaired) electrons. The van der Waals surface area contributed by atoms with E-state index in [1.54, 1.807) is 12.4 Å². The molecule has 3 aromatic rings. The van der Waals surface area contributed by atoms with Crippen molar-refractivity contribution in [3.05, 3.63) is 48.9 Å². The third-order valence-corrected chi connectivity index (χ3v) is 4.62. The van der Waals surface area contributed by atoms with Crippen molar-refractivity contribution >= 4 is 16.9 Å². The predicted octanol–water partition coefficient (Wildman–Crippen LogP) is 2.55. The SMILES string of the molecule is c1cnc(N2CCN(CCCOc3ccc4cc[nH]c4c3)CC2)nc1. The first-order valence-corrected chi connectivity index (χ1v) is 8.83. The number of benzene rings is 1. The van der Waals surface area contributed by atoms with Crippen LogP contribution in [0.1, 0.15) is 6.42 Å². The van der Waals surface area contributed by atoms with E-state index >= 15 is 0 Å². The van der Waals surface area contributed by atoms with E-state index in [2.05, 4.69) is 43.0 Å². The zero-order chi connectivity index (χ0) is 16.9. The monoisotopic (exact) mass is 337 g/mol. The highest BCUT2D eigenvalue weighted by Crippen LogP contribution is 2.19. The Bertz CT molecular complexity index is 796. The van der Waals surface area contributed by atoms with Crippen LogP contribution in [0.15, 0.2) is 48.9 Å². The molecule has 1 aliphatic heterocycles. The van der Waals surface area contributed by atoms with Crippen molar-refractivity contribution < 1.29 is 4.74 Å². The first kappa shape index (κ1) is 15.9. The van der Waals surface area contributed by atoms with E-state index in [9.17, 15) is 0 Å². The van der Waals surface area contributed by atoms with Crippen molar-refractivity contribution in [2.45, 2.75) is 6.42 Å². The molecular formula is C19H23N5O. The molecule has 25 heavy (non-hydrogen) atoms. The van der Waals surface area contributed by atoms with Crippen LogP contribution in [0, 0.1) is 0 Å². The van der Waals surface area contributed by atoms with Crippen molar-refractivity contribution in [1.82, 2.24) is 19.9 Å². The maximum absolute atomic E-state index is 5.89. The van der Waals surface area contributed by atoms with Gasteiger partial charge in [-0.2, -0.15) is 0 Å². The summed E-state index contributed by atoms with van der Waals surface area (Å²) in [6.45, 7) is 5.87. The van der Waals surface area contributed by atoms with Crippen molar-refractivity contribution in [3.8, 4) is 5.75 Å². The number of ether oxygens (including phenoxy) is 1. The second-order valence-corrected chi connectivity index (χ2v) is 6.31. The number of nitrogens with one attached hydrogen (secondary N) is 1. The number of nitrogens with zero attached hydrogens (tertiary/aromatic N) is 4. The highest BCUT2D eigenvalue weighted by molar-refractivity contribution is 5.80. The molecule has 1 aromatic carbocycles. The molecule has 130 valence electrons. The molecule has 0 aliphatic carbocycles. The highest BCUT2D eigenvalue weighted by atomic mass is 16.5. The smallest absolute Gasteiger partial charge is 0.225 e. The van der Waals surface area contributed by atoms with Gasteiger partial charge in [0.05, 0.1) is 6.61 Å². The molecule has 1 N–H and O–H groups in total. The van der Waals surface area contributed by atoms with Gasteiger partial charge >= 0.3 is 0 Å². The Morgan fingerprint density at radius 1 is 1.04 bits per heavy atom. The molecule has 3 heterocycles. The lowest BCUT2D eigenvalue weighted by molar-refractivity contribution is 0.224. The minimum atomic E-state index is 0.744. The molecule has 4 rings (SSSR count). The Labute approximate surface area is 147 Å². The Hall–Kier alpha value is -2.60. The molecule has 6 nitrogen and oxygen atoms in total. The van der Waals surface area contributed by atoms with Gasteiger partial charge < -0.3 is 14.6 Å². The van der Waals surface area contributed by atoms with Crippen LogP contribution in [0.3, 0.4) is 0 Å². The predicted molar refractivity (Wildman–Crippen MR) is 99.1 cm³/mol. The summed E-state index contributed by atoms with van der Waals surface area (Å²) in [6, 6.07) is 10.1. The first-order chi connectivity index (χ1) is 12.4. The Morgan fingerprint density at radius 3 is 2.72 bits per heavy atom. The van der Waals surface area contributed by atoms with Crippen molar-refractivity contribution in [1.29, 1.82) is 0 Å². The van der Waals surface area contributed by atoms with Crippen LogP contribution < -0.4 is 9.64 Å². The number of aromatic nitrogens is 3. The summed E-state index contributed by atoms with van der Waals surface area (Å²) in [4.78, 5) is 16.6. The average Bonchev–Trinajstić information content (AvgIpc) is 3.14. The molecule has 1 aliphatic rings. The topological polar surface area (TPSA) is 57.3 Å². The lowest BCUT2D eigenvalue weighted by Crippen LogP contribution is -2.47. The normalized spacial score (nSPS) is 15.6. The summed E-state index contributed by atoms with van der Waals surface area (Å²) in [7, 11) is 0. The molecule has 2 aromatic heterocycles. The summed E-state index contributed by atoms with van der Waals surface area (Å²) >= 11 is 0. The third kappa shape index (κ3) is 3.91. The highest BCUT2D eigenvalue weighted by Gasteiger charge is 2.18. The summed E-state index contributed by atoms with van der Waals surface area (Å²) in [6.07, 6.45) is 6.59. The Kier molecular flexibility index (Phi) is 4.79. The third-order valence-electron chi connectivity index (χ3n) is 4.62. The van der Waals surface area contributed by atoms with Crippen molar-refractivity contribution in [2.75, 3.05) is 44.2 Å². The minimum absolute atomic E-state index is 0.744. The van der Waals surface area contributed by atoms with Crippen LogP contribution in [0.5, 0.6) is 5.75 Å². The summed E-state index contributed by atoms with van der Waals surface area (Å²) < 4.78 is 5.89. The molecule has 0 amide bonds. The second-order valence-electron chi connectivity index (χ2n) is 6.31. The zero-order valence-electron chi connectivity index (χ0n) is 14.3. The fourth-order valence-corrected chi connectivity index (χ4v) is 3.22. The van der Waals surface area contributed by atoms with Crippen LogP contribution in [-0.4, -0.2) is 59.2 Å². The molecule has 0 spiro atoms. The number of aromatic amines is 1. The molecule has 1 saturated heterocycles. The molecule has 0 atom stereocenters. The van der Waals surface area contributed by atoms with Crippen molar-refractivity contribution in [2.24, 2.45) is 0 Å². The van der Waals surface area contributed by atoms with Gasteiger partial charge in [0.15, 0.2) is 0 Å². The molecule has 0 saturated carbocycles. The summed E-state index contributed by atoms with van der Waals surface area (Å²) in [5, 5.41) is 1.22. The maximum Gasteiger partial charge on any atom is 0.225 e. The van der Waals surface area contributed by atoms with Gasteiger partial charge in [-0.15, -0.1) is 0 Å². The van der Waals surface area contributed by atoms with Gasteiger partial charge in [0.2, 0.25) is 5.95 Å². The van der Waals surface area contributed by atoms with E-state index in [1.807, 2.05) is 18.3 Å². The number of piperazine rings is 1. The van der Waals surface area contributed by atoms with Gasteiger partial charge in [0.25, 0.3) is 0 Å². The quantitative estimate of drug-likeness (QED) is 0.701. The average molecular weight is 337 g/mol. The van der Waals surface area contributed by atoms with Crippen LogP contribution in [0.25, 0.3) is 10.9 Å². The van der Waals surface area contributed by atoms with Gasteiger partial charge in [0.1, 0.15) is 5.75 Å². The first-order valence-electron chi connectivity index (χ1n) is 8.83. The lowest BCUT2D eigenvalue weighted by atomic mass is 10.2. The molecular weight excluding hydrogens is 314 g/mol. The fraction of sp³-hybridized carbons (Fsp3) is 0.368. The zero-order valence-corrected chi connectivity index (χ0v) is 14.3. The second kappa shape index (κ2) is 7.53. The number of hydrogen-bond acceptors (Lipinski definition) is 5. The van der Waals surface area contributed by atoms with E-state index < -0.39 is 0 Å². The van der Waals surface area contributed by atoms with Crippen molar-refractivity contribution in [3.63, 3.8) is 0 Å². The van der Waals surface area contributed by atoms with Gasteiger partial charge in [0, 0.05) is 62.9 Å². The maximum atomic E-state index is 5.89.